The number of aryl methyl sites for hydroxylation is 4. The molecule has 0 atom stereocenters. The monoisotopic (exact) mass is 779 g/mol. The molecule has 3 nitrogen and oxygen atoms in total. The van der Waals surface area contributed by atoms with Crippen LogP contribution in [0, 0.1) is 0 Å². The van der Waals surface area contributed by atoms with Gasteiger partial charge in [-0.2, -0.15) is 0 Å². The Hall–Kier alpha value is -7.62. The highest BCUT2D eigenvalue weighted by atomic mass is 15.0. The van der Waals surface area contributed by atoms with Crippen molar-refractivity contribution in [1.29, 1.82) is 0 Å². The van der Waals surface area contributed by atoms with E-state index < -0.39 is 0 Å². The summed E-state index contributed by atoms with van der Waals surface area (Å²) in [5, 5.41) is 7.59. The molecule has 0 saturated carbocycles. The zero-order valence-electron chi connectivity index (χ0n) is 33.7. The molecule has 4 bridgehead atoms. The summed E-state index contributed by atoms with van der Waals surface area (Å²) < 4.78 is 7.52. The first kappa shape index (κ1) is 34.3. The van der Waals surface area contributed by atoms with Crippen molar-refractivity contribution in [3.8, 4) is 28.2 Å². The van der Waals surface area contributed by atoms with Gasteiger partial charge in [0.2, 0.25) is 0 Å². The zero-order chi connectivity index (χ0) is 40.0. The van der Waals surface area contributed by atoms with Gasteiger partial charge in [-0.1, -0.05) is 140 Å². The van der Waals surface area contributed by atoms with Crippen LogP contribution in [-0.2, 0) is 25.7 Å². The highest BCUT2D eigenvalue weighted by Gasteiger charge is 2.24. The number of hydrogen-bond acceptors (Lipinski definition) is 0. The van der Waals surface area contributed by atoms with E-state index in [9.17, 15) is 0 Å². The Balaban J connectivity index is 1.09. The molecule has 12 aromatic rings. The molecule has 1 aliphatic carbocycles. The van der Waals surface area contributed by atoms with Gasteiger partial charge in [0.25, 0.3) is 0 Å². The Bertz CT molecular complexity index is 3620. The molecule has 0 amide bonds. The topological polar surface area (TPSA) is 14.8 Å². The third-order valence-corrected chi connectivity index (χ3v) is 13.4. The van der Waals surface area contributed by atoms with Crippen LogP contribution in [0.25, 0.3) is 93.6 Å². The minimum absolute atomic E-state index is 0.948. The number of rotatable bonds is 4. The first-order valence-corrected chi connectivity index (χ1v) is 21.6. The number of para-hydroxylation sites is 6. The quantitative estimate of drug-likeness (QED) is 0.169. The van der Waals surface area contributed by atoms with Crippen molar-refractivity contribution in [2.45, 2.75) is 25.7 Å². The summed E-state index contributed by atoms with van der Waals surface area (Å²) in [6.07, 6.45) is 3.94. The first-order chi connectivity index (χ1) is 30.3. The Morgan fingerprint density at radius 3 is 1.38 bits per heavy atom. The molecule has 0 spiro atoms. The number of nitrogens with zero attached hydrogens (tertiary/aromatic N) is 3. The Morgan fingerprint density at radius 2 is 0.754 bits per heavy atom. The van der Waals surface area contributed by atoms with Gasteiger partial charge in [0.1, 0.15) is 0 Å². The standard InChI is InChI=1S/C58H41N3/c1-7-22-51-43(16-1)44-17-2-8-23-52(44)59(51)42-32-33-57-49(37-42)47-20-5-9-24-53(47)60(57)54-25-10-6-21-48(54)50-36-40-29-28-38-14-13-15-39(34-38)30-31-41(35-40)58(50)61-55-26-11-3-18-45(55)46-19-4-12-27-56(46)61/h1-27,32-37H,28-31H2. The van der Waals surface area contributed by atoms with Gasteiger partial charge in [-0.3, -0.25) is 0 Å². The van der Waals surface area contributed by atoms with Gasteiger partial charge in [0, 0.05) is 49.1 Å². The lowest BCUT2D eigenvalue weighted by atomic mass is 9.89. The summed E-state index contributed by atoms with van der Waals surface area (Å²) >= 11 is 0. The van der Waals surface area contributed by atoms with Crippen LogP contribution in [0.5, 0.6) is 0 Å². The molecule has 288 valence electrons. The van der Waals surface area contributed by atoms with E-state index in [2.05, 4.69) is 214 Å². The maximum absolute atomic E-state index is 2.57. The van der Waals surface area contributed by atoms with Gasteiger partial charge in [0.15, 0.2) is 0 Å². The van der Waals surface area contributed by atoms with E-state index in [-0.39, 0.29) is 0 Å². The molecular weight excluding hydrogens is 739 g/mol. The van der Waals surface area contributed by atoms with Crippen LogP contribution >= 0.6 is 0 Å². The van der Waals surface area contributed by atoms with Gasteiger partial charge >= 0.3 is 0 Å². The van der Waals surface area contributed by atoms with Crippen LogP contribution < -0.4 is 0 Å². The summed E-state index contributed by atoms with van der Waals surface area (Å²) in [6, 6.07) is 74.9. The molecule has 0 fully saturated rings. The highest BCUT2D eigenvalue weighted by Crippen LogP contribution is 2.44. The lowest BCUT2D eigenvalue weighted by Gasteiger charge is -2.23. The average Bonchev–Trinajstić information content (AvgIpc) is 3.95. The summed E-state index contributed by atoms with van der Waals surface area (Å²) in [4.78, 5) is 0. The number of fused-ring (bicyclic) bond motifs is 13. The van der Waals surface area contributed by atoms with Gasteiger partial charge in [-0.05, 0) is 109 Å². The lowest BCUT2D eigenvalue weighted by Crippen LogP contribution is -2.08. The third kappa shape index (κ3) is 5.23. The van der Waals surface area contributed by atoms with E-state index in [1.807, 2.05) is 0 Å². The van der Waals surface area contributed by atoms with E-state index in [0.29, 0.717) is 0 Å². The van der Waals surface area contributed by atoms with E-state index in [1.54, 1.807) is 0 Å². The fraction of sp³-hybridized carbons (Fsp3) is 0.0690. The average molecular weight is 780 g/mol. The number of benzene rings is 9. The predicted octanol–water partition coefficient (Wildman–Crippen LogP) is 14.5. The lowest BCUT2D eigenvalue weighted by molar-refractivity contribution is 0.895. The summed E-state index contributed by atoms with van der Waals surface area (Å²) in [7, 11) is 0. The highest BCUT2D eigenvalue weighted by molar-refractivity contribution is 6.13. The van der Waals surface area contributed by atoms with Crippen LogP contribution in [0.1, 0.15) is 22.3 Å². The molecule has 1 aliphatic rings. The second-order valence-corrected chi connectivity index (χ2v) is 16.8. The van der Waals surface area contributed by atoms with Gasteiger partial charge in [0.05, 0.1) is 44.5 Å². The van der Waals surface area contributed by atoms with Crippen LogP contribution in [0.4, 0.5) is 0 Å². The van der Waals surface area contributed by atoms with Crippen LogP contribution in [-0.4, -0.2) is 13.7 Å². The Labute approximate surface area is 354 Å². The molecule has 3 aromatic heterocycles. The van der Waals surface area contributed by atoms with Crippen molar-refractivity contribution < 1.29 is 0 Å². The summed E-state index contributed by atoms with van der Waals surface area (Å²) in [5.74, 6) is 0. The largest absolute Gasteiger partial charge is 0.309 e. The number of hydrogen-bond donors (Lipinski definition) is 0. The van der Waals surface area contributed by atoms with Crippen LogP contribution in [0.2, 0.25) is 0 Å². The molecule has 0 aliphatic heterocycles. The first-order valence-electron chi connectivity index (χ1n) is 21.6. The normalized spacial score (nSPS) is 13.0. The fourth-order valence-corrected chi connectivity index (χ4v) is 10.7. The van der Waals surface area contributed by atoms with E-state index in [4.69, 9.17) is 0 Å². The molecule has 13 rings (SSSR count). The molecule has 61 heavy (non-hydrogen) atoms. The molecule has 9 aromatic carbocycles. The molecule has 3 heteroatoms. The van der Waals surface area contributed by atoms with E-state index >= 15 is 0 Å². The maximum Gasteiger partial charge on any atom is 0.0573 e. The smallest absolute Gasteiger partial charge is 0.0573 e. The second kappa shape index (κ2) is 13.5. The molecule has 0 unspecified atom stereocenters. The fourth-order valence-electron chi connectivity index (χ4n) is 10.7. The minimum Gasteiger partial charge on any atom is -0.309 e. The molecule has 0 radical (unpaired) electrons. The molecular formula is C58H41N3. The van der Waals surface area contributed by atoms with Crippen LogP contribution in [0.15, 0.2) is 200 Å². The van der Waals surface area contributed by atoms with Gasteiger partial charge in [-0.15, -0.1) is 0 Å². The van der Waals surface area contributed by atoms with E-state index in [1.165, 1.54) is 116 Å². The maximum atomic E-state index is 2.57. The predicted molar refractivity (Wildman–Crippen MR) is 256 cm³/mol. The van der Waals surface area contributed by atoms with Gasteiger partial charge < -0.3 is 13.7 Å². The van der Waals surface area contributed by atoms with Crippen molar-refractivity contribution in [3.63, 3.8) is 0 Å². The molecule has 0 saturated heterocycles. The van der Waals surface area contributed by atoms with Crippen molar-refractivity contribution in [3.05, 3.63) is 222 Å². The Kier molecular flexibility index (Phi) is 7.56. The van der Waals surface area contributed by atoms with Crippen molar-refractivity contribution in [1.82, 2.24) is 13.7 Å². The second-order valence-electron chi connectivity index (χ2n) is 16.8. The third-order valence-electron chi connectivity index (χ3n) is 13.4. The summed E-state index contributed by atoms with van der Waals surface area (Å²) in [6.45, 7) is 0. The van der Waals surface area contributed by atoms with Crippen LogP contribution in [0.3, 0.4) is 0 Å². The summed E-state index contributed by atoms with van der Waals surface area (Å²) in [5.41, 5.74) is 19.0. The minimum atomic E-state index is 0.948. The molecule has 0 N–H and O–H groups in total. The van der Waals surface area contributed by atoms with Gasteiger partial charge in [-0.25, -0.2) is 0 Å². The Morgan fingerprint density at radius 1 is 0.279 bits per heavy atom. The SMILES string of the molecule is c1cc2cc(c1)CCc1cc(cc(-c3ccccc3-n3c4ccccc4c4cc(-n5c6ccccc6c6ccccc65)ccc43)c1-n1c3ccccc3c3ccccc31)CC2. The zero-order valence-corrected chi connectivity index (χ0v) is 33.7. The number of aromatic nitrogens is 3. The van der Waals surface area contributed by atoms with Crippen molar-refractivity contribution in [2.75, 3.05) is 0 Å². The van der Waals surface area contributed by atoms with Crippen molar-refractivity contribution in [2.24, 2.45) is 0 Å². The van der Waals surface area contributed by atoms with Crippen molar-refractivity contribution >= 4 is 65.4 Å². The van der Waals surface area contributed by atoms with E-state index in [0.717, 1.165) is 25.7 Å². The molecule has 3 heterocycles.